The number of hydrogen-bond acceptors (Lipinski definition) is 5. The predicted octanol–water partition coefficient (Wildman–Crippen LogP) is 4.36. The van der Waals surface area contributed by atoms with Crippen LogP contribution in [-0.2, 0) is 0 Å². The fraction of sp³-hybridized carbons (Fsp3) is 0.269. The van der Waals surface area contributed by atoms with Crippen molar-refractivity contribution in [3.05, 3.63) is 65.5 Å². The number of nitrogens with zero attached hydrogens (tertiary/aromatic N) is 4. The van der Waals surface area contributed by atoms with E-state index in [0.29, 0.717) is 5.65 Å². The lowest BCUT2D eigenvalue weighted by atomic mass is 10.0. The zero-order chi connectivity index (χ0) is 23.1. The minimum atomic E-state index is -0.937. The maximum atomic E-state index is 11.2. The molecule has 0 bridgehead atoms. The SMILES string of the molecule is Cc1cc(-c2cnc3[nH]cc(-c4ccc(C(=O)O)cc4)c3n2)cc(C)c1N1CCN(C)CC1. The summed E-state index contributed by atoms with van der Waals surface area (Å²) in [7, 11) is 2.17. The molecule has 4 aromatic rings. The maximum absolute atomic E-state index is 11.2. The first-order chi connectivity index (χ1) is 15.9. The predicted molar refractivity (Wildman–Crippen MR) is 131 cm³/mol. The van der Waals surface area contributed by atoms with Crippen LogP contribution in [0.2, 0.25) is 0 Å². The molecule has 7 heteroatoms. The molecule has 33 heavy (non-hydrogen) atoms. The molecular formula is C26H27N5O2. The van der Waals surface area contributed by atoms with Crippen LogP contribution in [0, 0.1) is 13.8 Å². The molecule has 168 valence electrons. The van der Waals surface area contributed by atoms with Gasteiger partial charge in [0.05, 0.1) is 17.5 Å². The third-order valence-corrected chi connectivity index (χ3v) is 6.43. The Labute approximate surface area is 192 Å². The van der Waals surface area contributed by atoms with Crippen LogP contribution in [0.4, 0.5) is 5.69 Å². The van der Waals surface area contributed by atoms with Crippen LogP contribution < -0.4 is 4.90 Å². The fourth-order valence-electron chi connectivity index (χ4n) is 4.68. The third-order valence-electron chi connectivity index (χ3n) is 6.43. The summed E-state index contributed by atoms with van der Waals surface area (Å²) >= 11 is 0. The number of carbonyl (C=O) groups is 1. The van der Waals surface area contributed by atoms with E-state index in [9.17, 15) is 4.79 Å². The zero-order valence-electron chi connectivity index (χ0n) is 19.1. The molecule has 2 N–H and O–H groups in total. The highest BCUT2D eigenvalue weighted by molar-refractivity contribution is 5.93. The van der Waals surface area contributed by atoms with E-state index in [2.05, 4.69) is 52.8 Å². The summed E-state index contributed by atoms with van der Waals surface area (Å²) in [5.74, 6) is -0.937. The van der Waals surface area contributed by atoms with E-state index in [0.717, 1.165) is 54.1 Å². The molecule has 0 amide bonds. The number of rotatable bonds is 4. The first kappa shape index (κ1) is 21.2. The number of anilines is 1. The summed E-state index contributed by atoms with van der Waals surface area (Å²) in [6.07, 6.45) is 3.68. The van der Waals surface area contributed by atoms with Gasteiger partial charge in [-0.15, -0.1) is 0 Å². The highest BCUT2D eigenvalue weighted by Gasteiger charge is 2.19. The van der Waals surface area contributed by atoms with Crippen molar-refractivity contribution in [3.8, 4) is 22.4 Å². The second-order valence-electron chi connectivity index (χ2n) is 8.79. The lowest BCUT2D eigenvalue weighted by Crippen LogP contribution is -2.45. The number of H-pyrrole nitrogens is 1. The summed E-state index contributed by atoms with van der Waals surface area (Å²) in [5.41, 5.74) is 9.22. The maximum Gasteiger partial charge on any atom is 0.335 e. The van der Waals surface area contributed by atoms with E-state index in [1.807, 2.05) is 6.20 Å². The van der Waals surface area contributed by atoms with Crippen LogP contribution >= 0.6 is 0 Å². The minimum absolute atomic E-state index is 0.261. The Morgan fingerprint density at radius 3 is 2.30 bits per heavy atom. The number of fused-ring (bicyclic) bond motifs is 1. The third kappa shape index (κ3) is 3.96. The monoisotopic (exact) mass is 441 g/mol. The summed E-state index contributed by atoms with van der Waals surface area (Å²) in [6, 6.07) is 11.2. The lowest BCUT2D eigenvalue weighted by Gasteiger charge is -2.36. The van der Waals surface area contributed by atoms with Crippen LogP contribution in [0.1, 0.15) is 21.5 Å². The Morgan fingerprint density at radius 1 is 1.00 bits per heavy atom. The molecule has 0 atom stereocenters. The van der Waals surface area contributed by atoms with Crippen LogP contribution in [0.5, 0.6) is 0 Å². The van der Waals surface area contributed by atoms with E-state index >= 15 is 0 Å². The van der Waals surface area contributed by atoms with Crippen molar-refractivity contribution in [2.45, 2.75) is 13.8 Å². The number of piperazine rings is 1. The molecule has 2 aromatic heterocycles. The van der Waals surface area contributed by atoms with Gasteiger partial charge in [0.2, 0.25) is 0 Å². The molecule has 0 aliphatic carbocycles. The van der Waals surface area contributed by atoms with E-state index < -0.39 is 5.97 Å². The number of hydrogen-bond donors (Lipinski definition) is 2. The number of aromatic nitrogens is 3. The lowest BCUT2D eigenvalue weighted by molar-refractivity contribution is 0.0697. The normalized spacial score (nSPS) is 14.7. The number of carboxylic acid groups (broad SMARTS) is 1. The molecule has 2 aromatic carbocycles. The van der Waals surface area contributed by atoms with Crippen molar-refractivity contribution >= 4 is 22.8 Å². The molecule has 1 fully saturated rings. The van der Waals surface area contributed by atoms with Gasteiger partial charge in [-0.25, -0.2) is 14.8 Å². The number of aromatic amines is 1. The molecule has 1 saturated heterocycles. The average Bonchev–Trinajstić information content (AvgIpc) is 3.23. The first-order valence-corrected chi connectivity index (χ1v) is 11.1. The van der Waals surface area contributed by atoms with Gasteiger partial charge in [0.1, 0.15) is 5.52 Å². The number of aryl methyl sites for hydroxylation is 2. The van der Waals surface area contributed by atoms with Crippen LogP contribution in [0.25, 0.3) is 33.5 Å². The van der Waals surface area contributed by atoms with Crippen molar-refractivity contribution in [2.75, 3.05) is 38.1 Å². The van der Waals surface area contributed by atoms with E-state index in [1.165, 1.54) is 16.8 Å². The standard InChI is InChI=1S/C26H27N5O2/c1-16-12-20(13-17(2)24(16)31-10-8-30(3)9-11-31)22-15-28-25-23(29-22)21(14-27-25)18-4-6-19(7-5-18)26(32)33/h4-7,12-15H,8-11H2,1-3H3,(H,27,28)(H,32,33). The molecule has 1 aliphatic rings. The topological polar surface area (TPSA) is 85.3 Å². The van der Waals surface area contributed by atoms with E-state index in [-0.39, 0.29) is 5.56 Å². The van der Waals surface area contributed by atoms with Gasteiger partial charge in [-0.1, -0.05) is 12.1 Å². The summed E-state index contributed by atoms with van der Waals surface area (Å²) in [4.78, 5) is 28.7. The molecule has 5 rings (SSSR count). The van der Waals surface area contributed by atoms with Gasteiger partial charge in [-0.2, -0.15) is 0 Å². The molecule has 7 nitrogen and oxygen atoms in total. The summed E-state index contributed by atoms with van der Waals surface area (Å²) in [6.45, 7) is 8.57. The Balaban J connectivity index is 1.51. The van der Waals surface area contributed by atoms with Gasteiger partial charge >= 0.3 is 5.97 Å². The fourth-order valence-corrected chi connectivity index (χ4v) is 4.68. The Hall–Kier alpha value is -3.71. The van der Waals surface area contributed by atoms with Crippen molar-refractivity contribution in [1.29, 1.82) is 0 Å². The number of aromatic carboxylic acids is 1. The quantitative estimate of drug-likeness (QED) is 0.490. The molecule has 1 aliphatic heterocycles. The van der Waals surface area contributed by atoms with Crippen molar-refractivity contribution in [2.24, 2.45) is 0 Å². The van der Waals surface area contributed by atoms with E-state index in [4.69, 9.17) is 10.1 Å². The van der Waals surface area contributed by atoms with Crippen LogP contribution in [0.3, 0.4) is 0 Å². The van der Waals surface area contributed by atoms with Crippen LogP contribution in [-0.4, -0.2) is 64.2 Å². The van der Waals surface area contributed by atoms with Gasteiger partial charge in [0, 0.05) is 49.2 Å². The summed E-state index contributed by atoms with van der Waals surface area (Å²) in [5, 5.41) is 9.17. The number of likely N-dealkylation sites (N-methyl/N-ethyl adjacent to an activating group) is 1. The smallest absolute Gasteiger partial charge is 0.335 e. The Morgan fingerprint density at radius 2 is 1.67 bits per heavy atom. The second kappa shape index (κ2) is 8.33. The highest BCUT2D eigenvalue weighted by Crippen LogP contribution is 2.33. The molecule has 3 heterocycles. The summed E-state index contributed by atoms with van der Waals surface area (Å²) < 4.78 is 0. The number of nitrogens with one attached hydrogen (secondary N) is 1. The molecular weight excluding hydrogens is 414 g/mol. The van der Waals surface area contributed by atoms with Gasteiger partial charge in [-0.05, 0) is 61.9 Å². The van der Waals surface area contributed by atoms with Crippen molar-refractivity contribution in [3.63, 3.8) is 0 Å². The Bertz CT molecular complexity index is 1310. The van der Waals surface area contributed by atoms with Crippen molar-refractivity contribution < 1.29 is 9.90 Å². The average molecular weight is 442 g/mol. The zero-order valence-corrected chi connectivity index (χ0v) is 19.1. The Kier molecular flexibility index (Phi) is 5.34. The second-order valence-corrected chi connectivity index (χ2v) is 8.79. The minimum Gasteiger partial charge on any atom is -0.478 e. The van der Waals surface area contributed by atoms with Crippen LogP contribution in [0.15, 0.2) is 48.8 Å². The van der Waals surface area contributed by atoms with Gasteiger partial charge in [0.15, 0.2) is 5.65 Å². The van der Waals surface area contributed by atoms with Gasteiger partial charge in [-0.3, -0.25) is 0 Å². The van der Waals surface area contributed by atoms with Gasteiger partial charge in [0.25, 0.3) is 0 Å². The first-order valence-electron chi connectivity index (χ1n) is 11.1. The largest absolute Gasteiger partial charge is 0.478 e. The molecule has 0 spiro atoms. The molecule has 0 unspecified atom stereocenters. The molecule has 0 saturated carbocycles. The van der Waals surface area contributed by atoms with Crippen molar-refractivity contribution in [1.82, 2.24) is 19.9 Å². The molecule has 0 radical (unpaired) electrons. The highest BCUT2D eigenvalue weighted by atomic mass is 16.4. The number of carboxylic acids is 1. The van der Waals surface area contributed by atoms with E-state index in [1.54, 1.807) is 30.5 Å². The number of benzene rings is 2. The van der Waals surface area contributed by atoms with Gasteiger partial charge < -0.3 is 19.9 Å².